The van der Waals surface area contributed by atoms with Gasteiger partial charge in [-0.3, -0.25) is 5.10 Å². The minimum Gasteiger partial charge on any atom is -0.340 e. The number of benzene rings is 2. The molecule has 2 aromatic heterocycles. The minimum absolute atomic E-state index is 0.505. The standard InChI is InChI=1S/C22H23N7/c1-14-11-12-29(13-14)22-25-19(16-8-4-3-7-15(16)2)23-21(26-22)24-20-17-9-5-6-10-18(17)27-28-20/h3-10,14H,11-13H2,1-2H3,(H2,23,24,25,26,27,28). The summed E-state index contributed by atoms with van der Waals surface area (Å²) in [4.78, 5) is 16.5. The first-order chi connectivity index (χ1) is 14.2. The molecule has 7 nitrogen and oxygen atoms in total. The van der Waals surface area contributed by atoms with Gasteiger partial charge in [0.1, 0.15) is 0 Å². The maximum atomic E-state index is 4.81. The summed E-state index contributed by atoms with van der Waals surface area (Å²) in [5.41, 5.74) is 3.12. The van der Waals surface area contributed by atoms with Gasteiger partial charge in [-0.1, -0.05) is 43.3 Å². The van der Waals surface area contributed by atoms with Crippen LogP contribution >= 0.6 is 0 Å². The largest absolute Gasteiger partial charge is 0.340 e. The van der Waals surface area contributed by atoms with Crippen LogP contribution in [0, 0.1) is 12.8 Å². The second kappa shape index (κ2) is 7.16. The van der Waals surface area contributed by atoms with Crippen molar-refractivity contribution < 1.29 is 0 Å². The Morgan fingerprint density at radius 1 is 1.03 bits per heavy atom. The molecule has 29 heavy (non-hydrogen) atoms. The van der Waals surface area contributed by atoms with Crippen LogP contribution in [0.2, 0.25) is 0 Å². The average molecular weight is 385 g/mol. The van der Waals surface area contributed by atoms with Gasteiger partial charge in [-0.2, -0.15) is 20.1 Å². The van der Waals surface area contributed by atoms with Gasteiger partial charge < -0.3 is 10.2 Å². The van der Waals surface area contributed by atoms with E-state index >= 15 is 0 Å². The fourth-order valence-corrected chi connectivity index (χ4v) is 3.79. The zero-order valence-electron chi connectivity index (χ0n) is 16.6. The lowest BCUT2D eigenvalue weighted by Gasteiger charge is -2.17. The molecule has 0 radical (unpaired) electrons. The topological polar surface area (TPSA) is 82.6 Å². The summed E-state index contributed by atoms with van der Waals surface area (Å²) in [5.74, 6) is 3.24. The average Bonchev–Trinajstić information content (AvgIpc) is 3.35. The van der Waals surface area contributed by atoms with Crippen molar-refractivity contribution in [2.75, 3.05) is 23.3 Å². The Labute approximate surface area is 169 Å². The molecule has 3 heterocycles. The summed E-state index contributed by atoms with van der Waals surface area (Å²) in [6.07, 6.45) is 1.15. The van der Waals surface area contributed by atoms with Gasteiger partial charge in [0.05, 0.1) is 5.52 Å². The molecule has 146 valence electrons. The number of H-pyrrole nitrogens is 1. The summed E-state index contributed by atoms with van der Waals surface area (Å²) in [6, 6.07) is 16.2. The van der Waals surface area contributed by atoms with Crippen molar-refractivity contribution in [1.82, 2.24) is 25.1 Å². The summed E-state index contributed by atoms with van der Waals surface area (Å²) in [5, 5.41) is 11.7. The van der Waals surface area contributed by atoms with Crippen LogP contribution in [0.1, 0.15) is 18.9 Å². The Morgan fingerprint density at radius 2 is 1.86 bits per heavy atom. The van der Waals surface area contributed by atoms with Crippen molar-refractivity contribution >= 4 is 28.6 Å². The molecular formula is C22H23N7. The van der Waals surface area contributed by atoms with E-state index in [4.69, 9.17) is 15.0 Å². The summed E-state index contributed by atoms with van der Waals surface area (Å²) in [7, 11) is 0. The minimum atomic E-state index is 0.505. The van der Waals surface area contributed by atoms with E-state index < -0.39 is 0 Å². The molecule has 2 aromatic carbocycles. The molecule has 4 aromatic rings. The molecule has 0 aliphatic carbocycles. The van der Waals surface area contributed by atoms with Crippen LogP contribution < -0.4 is 10.2 Å². The molecule has 0 bridgehead atoms. The molecular weight excluding hydrogens is 362 g/mol. The van der Waals surface area contributed by atoms with Crippen molar-refractivity contribution in [3.63, 3.8) is 0 Å². The first-order valence-corrected chi connectivity index (χ1v) is 9.94. The molecule has 1 fully saturated rings. The molecule has 0 amide bonds. The molecule has 5 rings (SSSR count). The monoisotopic (exact) mass is 385 g/mol. The molecule has 1 unspecified atom stereocenters. The summed E-state index contributed by atoms with van der Waals surface area (Å²) in [6.45, 7) is 6.26. The molecule has 1 aliphatic rings. The van der Waals surface area contributed by atoms with Gasteiger partial charge in [0, 0.05) is 24.0 Å². The van der Waals surface area contributed by atoms with Crippen molar-refractivity contribution in [3.05, 3.63) is 54.1 Å². The lowest BCUT2D eigenvalue weighted by Crippen LogP contribution is -2.22. The van der Waals surface area contributed by atoms with Crippen molar-refractivity contribution in [2.45, 2.75) is 20.3 Å². The Balaban J connectivity index is 1.58. The molecule has 1 atom stereocenters. The highest BCUT2D eigenvalue weighted by Crippen LogP contribution is 2.28. The SMILES string of the molecule is Cc1ccccc1-c1nc(Nc2n[nH]c3ccccc23)nc(N2CCC(C)C2)n1. The number of fused-ring (bicyclic) bond motifs is 1. The van der Waals surface area contributed by atoms with Gasteiger partial charge in [-0.15, -0.1) is 0 Å². The number of anilines is 3. The Kier molecular flexibility index (Phi) is 4.35. The van der Waals surface area contributed by atoms with Gasteiger partial charge >= 0.3 is 0 Å². The third kappa shape index (κ3) is 3.40. The highest BCUT2D eigenvalue weighted by Gasteiger charge is 2.23. The van der Waals surface area contributed by atoms with Gasteiger partial charge in [0.25, 0.3) is 0 Å². The summed E-state index contributed by atoms with van der Waals surface area (Å²) >= 11 is 0. The van der Waals surface area contributed by atoms with Crippen molar-refractivity contribution in [1.29, 1.82) is 0 Å². The highest BCUT2D eigenvalue weighted by atomic mass is 15.3. The normalized spacial score (nSPS) is 16.5. The second-order valence-corrected chi connectivity index (χ2v) is 7.68. The third-order valence-corrected chi connectivity index (χ3v) is 5.42. The van der Waals surface area contributed by atoms with Gasteiger partial charge in [-0.25, -0.2) is 0 Å². The predicted molar refractivity (Wildman–Crippen MR) is 115 cm³/mol. The van der Waals surface area contributed by atoms with Crippen LogP contribution in [0.25, 0.3) is 22.3 Å². The van der Waals surface area contributed by atoms with Gasteiger partial charge in [0.15, 0.2) is 11.6 Å². The van der Waals surface area contributed by atoms with Crippen molar-refractivity contribution in [3.8, 4) is 11.4 Å². The maximum Gasteiger partial charge on any atom is 0.233 e. The number of aromatic amines is 1. The van der Waals surface area contributed by atoms with Crippen LogP contribution in [-0.4, -0.2) is 38.2 Å². The van der Waals surface area contributed by atoms with E-state index in [1.54, 1.807) is 0 Å². The molecule has 0 spiro atoms. The molecule has 1 saturated heterocycles. The fraction of sp³-hybridized carbons (Fsp3) is 0.273. The van der Waals surface area contributed by atoms with E-state index in [1.807, 2.05) is 36.4 Å². The Morgan fingerprint density at radius 3 is 2.69 bits per heavy atom. The number of nitrogens with one attached hydrogen (secondary N) is 2. The van der Waals surface area contributed by atoms with Crippen molar-refractivity contribution in [2.24, 2.45) is 5.92 Å². The van der Waals surface area contributed by atoms with Crippen LogP contribution in [-0.2, 0) is 0 Å². The number of rotatable bonds is 4. The van der Waals surface area contributed by atoms with E-state index in [2.05, 4.69) is 46.4 Å². The number of hydrogen-bond donors (Lipinski definition) is 2. The fourth-order valence-electron chi connectivity index (χ4n) is 3.79. The number of aromatic nitrogens is 5. The molecule has 2 N–H and O–H groups in total. The van der Waals surface area contributed by atoms with E-state index in [-0.39, 0.29) is 0 Å². The van der Waals surface area contributed by atoms with Crippen LogP contribution in [0.4, 0.5) is 17.7 Å². The predicted octanol–water partition coefficient (Wildman–Crippen LogP) is 4.31. The summed E-state index contributed by atoms with van der Waals surface area (Å²) < 4.78 is 0. The molecule has 7 heteroatoms. The second-order valence-electron chi connectivity index (χ2n) is 7.68. The lowest BCUT2D eigenvalue weighted by molar-refractivity contribution is 0.658. The Bertz CT molecular complexity index is 1170. The van der Waals surface area contributed by atoms with E-state index in [9.17, 15) is 0 Å². The zero-order valence-corrected chi connectivity index (χ0v) is 16.6. The lowest BCUT2D eigenvalue weighted by atomic mass is 10.1. The van der Waals surface area contributed by atoms with Gasteiger partial charge in [0.2, 0.25) is 11.9 Å². The molecule has 1 aliphatic heterocycles. The van der Waals surface area contributed by atoms with Crippen LogP contribution in [0.15, 0.2) is 48.5 Å². The first kappa shape index (κ1) is 17.6. The molecule has 0 saturated carbocycles. The van der Waals surface area contributed by atoms with Crippen LogP contribution in [0.5, 0.6) is 0 Å². The third-order valence-electron chi connectivity index (χ3n) is 5.42. The van der Waals surface area contributed by atoms with E-state index in [0.717, 1.165) is 41.5 Å². The number of nitrogens with zero attached hydrogens (tertiary/aromatic N) is 5. The number of hydrogen-bond acceptors (Lipinski definition) is 6. The number of para-hydroxylation sites is 1. The van der Waals surface area contributed by atoms with Crippen LogP contribution in [0.3, 0.4) is 0 Å². The Hall–Kier alpha value is -3.48. The first-order valence-electron chi connectivity index (χ1n) is 9.94. The van der Waals surface area contributed by atoms with E-state index in [0.29, 0.717) is 29.5 Å². The van der Waals surface area contributed by atoms with Gasteiger partial charge in [-0.05, 0) is 37.0 Å². The zero-order chi connectivity index (χ0) is 19.8. The highest BCUT2D eigenvalue weighted by molar-refractivity contribution is 5.90. The van der Waals surface area contributed by atoms with E-state index in [1.165, 1.54) is 0 Å². The number of aryl methyl sites for hydroxylation is 1. The smallest absolute Gasteiger partial charge is 0.233 e. The quantitative estimate of drug-likeness (QED) is 0.545. The maximum absolute atomic E-state index is 4.81.